The molecule has 6 heteroatoms. The molecule has 1 N–H and O–H groups in total. The van der Waals surface area contributed by atoms with Crippen molar-refractivity contribution in [1.82, 2.24) is 0 Å². The second-order valence-electron chi connectivity index (χ2n) is 7.44. The summed E-state index contributed by atoms with van der Waals surface area (Å²) in [6, 6.07) is 17.3. The van der Waals surface area contributed by atoms with Gasteiger partial charge < -0.3 is 14.2 Å². The van der Waals surface area contributed by atoms with Gasteiger partial charge in [0.05, 0.1) is 20.3 Å². The average Bonchev–Trinajstić information content (AvgIpc) is 2.78. The van der Waals surface area contributed by atoms with Crippen LogP contribution in [0.4, 0.5) is 0 Å². The molecule has 152 valence electrons. The van der Waals surface area contributed by atoms with Crippen molar-refractivity contribution in [3.8, 4) is 17.6 Å². The van der Waals surface area contributed by atoms with E-state index in [2.05, 4.69) is 6.07 Å². The Morgan fingerprint density at radius 2 is 1.77 bits per heavy atom. The van der Waals surface area contributed by atoms with E-state index in [0.717, 1.165) is 11.1 Å². The molecule has 1 aliphatic carbocycles. The van der Waals surface area contributed by atoms with Gasteiger partial charge >= 0.3 is 0 Å². The fourth-order valence-electron chi connectivity index (χ4n) is 4.35. The molecule has 0 bridgehead atoms. The van der Waals surface area contributed by atoms with E-state index in [9.17, 15) is 10.1 Å². The third-order valence-electron chi connectivity index (χ3n) is 5.80. The van der Waals surface area contributed by atoms with Crippen molar-refractivity contribution in [2.24, 2.45) is 5.92 Å². The molecule has 0 aromatic heterocycles. The quantitative estimate of drug-likeness (QED) is 0.821. The van der Waals surface area contributed by atoms with Gasteiger partial charge in [0.2, 0.25) is 5.90 Å². The van der Waals surface area contributed by atoms with Crippen LogP contribution >= 0.6 is 0 Å². The molecule has 1 aliphatic heterocycles. The SMILES string of the molecule is COc1ccc(C2C3=C(CC(c4ccccc4)CC3=O)OC(=N)C2C#N)cc1OC. The van der Waals surface area contributed by atoms with Crippen molar-refractivity contribution in [3.63, 3.8) is 0 Å². The molecule has 2 aromatic carbocycles. The van der Waals surface area contributed by atoms with Crippen molar-refractivity contribution in [3.05, 3.63) is 71.0 Å². The van der Waals surface area contributed by atoms with Crippen molar-refractivity contribution in [2.75, 3.05) is 14.2 Å². The van der Waals surface area contributed by atoms with E-state index in [1.165, 1.54) is 7.11 Å². The molecule has 6 nitrogen and oxygen atoms in total. The third kappa shape index (κ3) is 3.33. The number of nitrogens with zero attached hydrogens (tertiary/aromatic N) is 1. The van der Waals surface area contributed by atoms with Crippen molar-refractivity contribution < 1.29 is 19.0 Å². The fraction of sp³-hybridized carbons (Fsp3) is 0.292. The topological polar surface area (TPSA) is 92.4 Å². The van der Waals surface area contributed by atoms with E-state index in [-0.39, 0.29) is 17.6 Å². The van der Waals surface area contributed by atoms with Crippen molar-refractivity contribution in [2.45, 2.75) is 24.7 Å². The highest BCUT2D eigenvalue weighted by molar-refractivity contribution is 6.02. The lowest BCUT2D eigenvalue weighted by molar-refractivity contribution is -0.117. The molecule has 4 rings (SSSR count). The summed E-state index contributed by atoms with van der Waals surface area (Å²) in [6.07, 6.45) is 0.872. The van der Waals surface area contributed by atoms with Crippen LogP contribution in [0.1, 0.15) is 35.8 Å². The van der Waals surface area contributed by atoms with Crippen LogP contribution < -0.4 is 9.47 Å². The molecular formula is C24H22N2O4. The minimum Gasteiger partial charge on any atom is -0.493 e. The fourth-order valence-corrected chi connectivity index (χ4v) is 4.35. The van der Waals surface area contributed by atoms with Crippen molar-refractivity contribution >= 4 is 11.7 Å². The molecule has 0 amide bonds. The molecule has 1 heterocycles. The molecule has 0 saturated carbocycles. The van der Waals surface area contributed by atoms with Crippen molar-refractivity contribution in [1.29, 1.82) is 10.7 Å². The zero-order valence-electron chi connectivity index (χ0n) is 16.8. The number of benzene rings is 2. The lowest BCUT2D eigenvalue weighted by Gasteiger charge is -2.36. The van der Waals surface area contributed by atoms with Gasteiger partial charge in [0.1, 0.15) is 11.7 Å². The van der Waals surface area contributed by atoms with E-state index in [4.69, 9.17) is 19.6 Å². The second-order valence-corrected chi connectivity index (χ2v) is 7.44. The molecule has 3 atom stereocenters. The number of hydrogen-bond acceptors (Lipinski definition) is 6. The average molecular weight is 402 g/mol. The van der Waals surface area contributed by atoms with Gasteiger partial charge in [0.25, 0.3) is 0 Å². The number of Topliss-reactive ketones (excluding diaryl/α,β-unsaturated/α-hetero) is 1. The van der Waals surface area contributed by atoms with Crippen LogP contribution in [-0.2, 0) is 9.53 Å². The molecule has 2 aromatic rings. The van der Waals surface area contributed by atoms with Crippen LogP contribution in [0.5, 0.6) is 11.5 Å². The Hall–Kier alpha value is -3.59. The maximum Gasteiger partial charge on any atom is 0.205 e. The molecular weight excluding hydrogens is 380 g/mol. The van der Waals surface area contributed by atoms with Gasteiger partial charge in [-0.2, -0.15) is 5.26 Å². The number of allylic oxidation sites excluding steroid dienone is 2. The highest BCUT2D eigenvalue weighted by Crippen LogP contribution is 2.47. The normalized spacial score (nSPS) is 23.3. The van der Waals surface area contributed by atoms with Gasteiger partial charge in [-0.15, -0.1) is 0 Å². The van der Waals surface area contributed by atoms with Crippen LogP contribution in [-0.4, -0.2) is 25.9 Å². The molecule has 0 saturated heterocycles. The first-order valence-corrected chi connectivity index (χ1v) is 9.76. The lowest BCUT2D eigenvalue weighted by Crippen LogP contribution is -2.36. The Labute approximate surface area is 175 Å². The summed E-state index contributed by atoms with van der Waals surface area (Å²) in [6.45, 7) is 0. The van der Waals surface area contributed by atoms with E-state index in [1.54, 1.807) is 19.2 Å². The summed E-state index contributed by atoms with van der Waals surface area (Å²) in [4.78, 5) is 13.3. The maximum absolute atomic E-state index is 13.3. The first-order valence-electron chi connectivity index (χ1n) is 9.76. The minimum absolute atomic E-state index is 0.00469. The van der Waals surface area contributed by atoms with Gasteiger partial charge in [-0.1, -0.05) is 36.4 Å². The third-order valence-corrected chi connectivity index (χ3v) is 5.80. The van der Waals surface area contributed by atoms with Gasteiger partial charge in [0.15, 0.2) is 17.3 Å². The Balaban J connectivity index is 1.80. The summed E-state index contributed by atoms with van der Waals surface area (Å²) in [5.41, 5.74) is 2.29. The predicted molar refractivity (Wildman–Crippen MR) is 111 cm³/mol. The first kappa shape index (κ1) is 19.7. The van der Waals surface area contributed by atoms with Crippen LogP contribution in [0, 0.1) is 22.7 Å². The Bertz CT molecular complexity index is 1070. The first-order chi connectivity index (χ1) is 14.6. The van der Waals surface area contributed by atoms with E-state index >= 15 is 0 Å². The molecule has 30 heavy (non-hydrogen) atoms. The van der Waals surface area contributed by atoms with Gasteiger partial charge in [-0.25, -0.2) is 0 Å². The van der Waals surface area contributed by atoms with E-state index in [0.29, 0.717) is 35.7 Å². The largest absolute Gasteiger partial charge is 0.493 e. The number of carbonyl (C=O) groups excluding carboxylic acids is 1. The van der Waals surface area contributed by atoms with Crippen LogP contribution in [0.15, 0.2) is 59.9 Å². The zero-order valence-corrected chi connectivity index (χ0v) is 16.8. The number of carbonyl (C=O) groups is 1. The minimum atomic E-state index is -0.876. The molecule has 0 spiro atoms. The summed E-state index contributed by atoms with van der Waals surface area (Å²) in [5, 5.41) is 18.1. The molecule has 0 radical (unpaired) electrons. The molecule has 2 aliphatic rings. The standard InChI is InChI=1S/C24H22N2O4/c1-28-19-9-8-15(11-20(19)29-2)22-17(13-25)24(26)30-21-12-16(10-18(27)23(21)22)14-6-4-3-5-7-14/h3-9,11,16-17,22,26H,10,12H2,1-2H3. The highest BCUT2D eigenvalue weighted by Gasteiger charge is 2.44. The van der Waals surface area contributed by atoms with E-state index < -0.39 is 11.8 Å². The number of nitrogens with one attached hydrogen (secondary N) is 1. The Morgan fingerprint density at radius 1 is 1.03 bits per heavy atom. The Kier molecular flexibility index (Phi) is 5.28. The predicted octanol–water partition coefficient (Wildman–Crippen LogP) is 4.34. The molecule has 3 unspecified atom stereocenters. The highest BCUT2D eigenvalue weighted by atomic mass is 16.5. The number of hydrogen-bond donors (Lipinski definition) is 1. The molecule has 0 fully saturated rings. The van der Waals surface area contributed by atoms with Crippen LogP contribution in [0.3, 0.4) is 0 Å². The maximum atomic E-state index is 13.3. The van der Waals surface area contributed by atoms with Crippen LogP contribution in [0.2, 0.25) is 0 Å². The number of ketones is 1. The number of rotatable bonds is 4. The van der Waals surface area contributed by atoms with Gasteiger partial charge in [-0.3, -0.25) is 10.2 Å². The lowest BCUT2D eigenvalue weighted by atomic mass is 9.71. The number of ether oxygens (including phenoxy) is 3. The summed E-state index contributed by atoms with van der Waals surface area (Å²) >= 11 is 0. The number of methoxy groups -OCH3 is 2. The summed E-state index contributed by atoms with van der Waals surface area (Å²) in [7, 11) is 3.09. The zero-order chi connectivity index (χ0) is 21.3. The summed E-state index contributed by atoms with van der Waals surface area (Å²) < 4.78 is 16.4. The Morgan fingerprint density at radius 3 is 2.43 bits per heavy atom. The van der Waals surface area contributed by atoms with Crippen LogP contribution in [0.25, 0.3) is 0 Å². The second kappa shape index (κ2) is 8.03. The smallest absolute Gasteiger partial charge is 0.205 e. The van der Waals surface area contributed by atoms with Gasteiger partial charge in [0, 0.05) is 24.3 Å². The summed E-state index contributed by atoms with van der Waals surface area (Å²) in [5.74, 6) is -0.0571. The monoisotopic (exact) mass is 402 g/mol. The van der Waals surface area contributed by atoms with Gasteiger partial charge in [-0.05, 0) is 29.2 Å². The number of nitriles is 1. The van der Waals surface area contributed by atoms with E-state index in [1.807, 2.05) is 36.4 Å².